The molecule has 1 atom stereocenters. The fourth-order valence-electron chi connectivity index (χ4n) is 2.94. The van der Waals surface area contributed by atoms with E-state index >= 15 is 0 Å². The lowest BCUT2D eigenvalue weighted by Crippen LogP contribution is -2.15. The number of allylic oxidation sites excluding steroid dienone is 2. The third kappa shape index (κ3) is 18.2. The summed E-state index contributed by atoms with van der Waals surface area (Å²) in [6, 6.07) is 0. The summed E-state index contributed by atoms with van der Waals surface area (Å²) in [6.07, 6.45) is 24.0. The summed E-state index contributed by atoms with van der Waals surface area (Å²) in [6.45, 7) is 4.22. The van der Waals surface area contributed by atoms with Crippen LogP contribution in [0.1, 0.15) is 110 Å². The smallest absolute Gasteiger partial charge is 0.316 e. The predicted molar refractivity (Wildman–Crippen MR) is 114 cm³/mol. The lowest BCUT2D eigenvalue weighted by Gasteiger charge is -2.08. The zero-order chi connectivity index (χ0) is 18.6. The van der Waals surface area contributed by atoms with Crippen molar-refractivity contribution in [3.8, 4) is 0 Å². The number of carboxylic acid groups (broad SMARTS) is 1. The molecular formula is C22H42O2S. The highest BCUT2D eigenvalue weighted by Gasteiger charge is 2.14. The van der Waals surface area contributed by atoms with Crippen molar-refractivity contribution >= 4 is 17.7 Å². The van der Waals surface area contributed by atoms with Crippen LogP contribution >= 0.6 is 11.8 Å². The van der Waals surface area contributed by atoms with E-state index in [0.717, 1.165) is 18.6 Å². The number of thioether (sulfide) groups is 1. The van der Waals surface area contributed by atoms with Gasteiger partial charge in [-0.3, -0.25) is 4.79 Å². The second kappa shape index (κ2) is 19.9. The van der Waals surface area contributed by atoms with Crippen molar-refractivity contribution in [2.75, 3.05) is 5.75 Å². The number of hydrogen-bond acceptors (Lipinski definition) is 2. The van der Waals surface area contributed by atoms with E-state index in [4.69, 9.17) is 5.11 Å². The Labute approximate surface area is 161 Å². The second-order valence-electron chi connectivity index (χ2n) is 7.04. The van der Waals surface area contributed by atoms with Crippen LogP contribution < -0.4 is 0 Å². The van der Waals surface area contributed by atoms with Gasteiger partial charge in [0.1, 0.15) is 5.25 Å². The van der Waals surface area contributed by atoms with E-state index in [1.165, 1.54) is 83.5 Å². The zero-order valence-corrected chi connectivity index (χ0v) is 17.6. The fraction of sp³-hybridized carbons (Fsp3) is 0.864. The molecule has 148 valence electrons. The molecule has 0 aromatic rings. The Hall–Kier alpha value is -0.440. The van der Waals surface area contributed by atoms with Crippen molar-refractivity contribution in [1.82, 2.24) is 0 Å². The first-order valence-electron chi connectivity index (χ1n) is 10.7. The van der Waals surface area contributed by atoms with Crippen LogP contribution in [0.25, 0.3) is 0 Å². The molecule has 0 aromatic carbocycles. The van der Waals surface area contributed by atoms with Gasteiger partial charge in [-0.2, -0.15) is 0 Å². The van der Waals surface area contributed by atoms with Crippen molar-refractivity contribution in [1.29, 1.82) is 0 Å². The van der Waals surface area contributed by atoms with Crippen LogP contribution in [-0.2, 0) is 4.79 Å². The van der Waals surface area contributed by atoms with Crippen LogP contribution in [0.3, 0.4) is 0 Å². The first kappa shape index (κ1) is 24.6. The Morgan fingerprint density at radius 2 is 1.28 bits per heavy atom. The van der Waals surface area contributed by atoms with Crippen LogP contribution in [0.5, 0.6) is 0 Å². The van der Waals surface area contributed by atoms with E-state index < -0.39 is 5.97 Å². The molecule has 0 radical (unpaired) electrons. The third-order valence-electron chi connectivity index (χ3n) is 4.62. The molecule has 0 aliphatic heterocycles. The fourth-order valence-corrected chi connectivity index (χ4v) is 3.97. The molecular weight excluding hydrogens is 328 g/mol. The van der Waals surface area contributed by atoms with Crippen molar-refractivity contribution < 1.29 is 9.90 Å². The van der Waals surface area contributed by atoms with E-state index in [0.29, 0.717) is 0 Å². The van der Waals surface area contributed by atoms with Crippen molar-refractivity contribution in [2.24, 2.45) is 0 Å². The SMILES string of the molecule is CCCCCCCCC=CCCCCCCCCSC(CC)C(=O)O. The maximum absolute atomic E-state index is 10.9. The Kier molecular flexibility index (Phi) is 19.5. The Bertz CT molecular complexity index is 315. The Morgan fingerprint density at radius 3 is 1.76 bits per heavy atom. The molecule has 0 saturated heterocycles. The summed E-state index contributed by atoms with van der Waals surface area (Å²) in [4.78, 5) is 10.9. The van der Waals surface area contributed by atoms with Crippen molar-refractivity contribution in [3.63, 3.8) is 0 Å². The lowest BCUT2D eigenvalue weighted by molar-refractivity contribution is -0.136. The van der Waals surface area contributed by atoms with Gasteiger partial charge < -0.3 is 5.11 Å². The quantitative estimate of drug-likeness (QED) is 0.188. The summed E-state index contributed by atoms with van der Waals surface area (Å²) in [5, 5.41) is 8.78. The van der Waals surface area contributed by atoms with E-state index in [2.05, 4.69) is 19.1 Å². The molecule has 0 rings (SSSR count). The molecule has 1 N–H and O–H groups in total. The molecule has 0 amide bonds. The van der Waals surface area contributed by atoms with Gasteiger partial charge in [0.15, 0.2) is 0 Å². The third-order valence-corrected chi connectivity index (χ3v) is 6.08. The van der Waals surface area contributed by atoms with Gasteiger partial charge in [0.05, 0.1) is 0 Å². The highest BCUT2D eigenvalue weighted by molar-refractivity contribution is 8.00. The predicted octanol–water partition coefficient (Wildman–Crippen LogP) is 7.62. The molecule has 0 saturated carbocycles. The zero-order valence-electron chi connectivity index (χ0n) is 16.8. The summed E-state index contributed by atoms with van der Waals surface area (Å²) >= 11 is 1.61. The number of carboxylic acids is 1. The first-order chi connectivity index (χ1) is 12.2. The highest BCUT2D eigenvalue weighted by Crippen LogP contribution is 2.18. The van der Waals surface area contributed by atoms with Crippen molar-refractivity contribution in [2.45, 2.75) is 115 Å². The van der Waals surface area contributed by atoms with Crippen LogP contribution in [-0.4, -0.2) is 22.1 Å². The van der Waals surface area contributed by atoms with Gasteiger partial charge in [0, 0.05) is 0 Å². The Morgan fingerprint density at radius 1 is 0.800 bits per heavy atom. The maximum atomic E-state index is 10.9. The molecule has 2 nitrogen and oxygen atoms in total. The topological polar surface area (TPSA) is 37.3 Å². The van der Waals surface area contributed by atoms with Crippen molar-refractivity contribution in [3.05, 3.63) is 12.2 Å². The molecule has 0 heterocycles. The minimum absolute atomic E-state index is 0.205. The van der Waals surface area contributed by atoms with E-state index in [9.17, 15) is 4.79 Å². The lowest BCUT2D eigenvalue weighted by atomic mass is 10.1. The normalized spacial score (nSPS) is 12.7. The standard InChI is InChI=1S/C22H42O2S/c1-3-5-6-7-8-9-10-11-12-13-14-15-16-17-18-19-20-25-21(4-2)22(23)24/h11-12,21H,3-10,13-20H2,1-2H3,(H,23,24). The number of unbranched alkanes of at least 4 members (excludes halogenated alkanes) is 12. The molecule has 0 aliphatic rings. The van der Waals surface area contributed by atoms with Gasteiger partial charge in [-0.1, -0.05) is 83.8 Å². The van der Waals surface area contributed by atoms with Gasteiger partial charge >= 0.3 is 5.97 Å². The van der Waals surface area contributed by atoms with Gasteiger partial charge in [-0.15, -0.1) is 11.8 Å². The van der Waals surface area contributed by atoms with Gasteiger partial charge in [0.25, 0.3) is 0 Å². The minimum atomic E-state index is -0.656. The largest absolute Gasteiger partial charge is 0.480 e. The number of rotatable bonds is 19. The van der Waals surface area contributed by atoms with Gasteiger partial charge in [0.2, 0.25) is 0 Å². The van der Waals surface area contributed by atoms with Gasteiger partial charge in [-0.05, 0) is 44.3 Å². The first-order valence-corrected chi connectivity index (χ1v) is 11.8. The van der Waals surface area contributed by atoms with E-state index in [1.54, 1.807) is 11.8 Å². The second-order valence-corrected chi connectivity index (χ2v) is 8.35. The van der Waals surface area contributed by atoms with Crippen LogP contribution in [0.4, 0.5) is 0 Å². The summed E-state index contributed by atoms with van der Waals surface area (Å²) < 4.78 is 0. The van der Waals surface area contributed by atoms with Crippen LogP contribution in [0.15, 0.2) is 12.2 Å². The van der Waals surface area contributed by atoms with Gasteiger partial charge in [-0.25, -0.2) is 0 Å². The number of aliphatic carboxylic acids is 1. The molecule has 25 heavy (non-hydrogen) atoms. The van der Waals surface area contributed by atoms with Crippen LogP contribution in [0.2, 0.25) is 0 Å². The molecule has 0 aliphatic carbocycles. The van der Waals surface area contributed by atoms with E-state index in [1.807, 2.05) is 6.92 Å². The summed E-state index contributed by atoms with van der Waals surface area (Å²) in [5.74, 6) is 0.337. The monoisotopic (exact) mass is 370 g/mol. The molecule has 3 heteroatoms. The number of carbonyl (C=O) groups is 1. The molecule has 0 fully saturated rings. The Balaban J connectivity index is 3.20. The maximum Gasteiger partial charge on any atom is 0.316 e. The molecule has 0 aromatic heterocycles. The highest BCUT2D eigenvalue weighted by atomic mass is 32.2. The molecule has 1 unspecified atom stereocenters. The summed E-state index contributed by atoms with van der Waals surface area (Å²) in [5.41, 5.74) is 0. The average molecular weight is 371 g/mol. The number of hydrogen-bond donors (Lipinski definition) is 1. The minimum Gasteiger partial charge on any atom is -0.480 e. The summed E-state index contributed by atoms with van der Waals surface area (Å²) in [7, 11) is 0. The van der Waals surface area contributed by atoms with Crippen LogP contribution in [0, 0.1) is 0 Å². The molecule has 0 spiro atoms. The van der Waals surface area contributed by atoms with E-state index in [-0.39, 0.29) is 5.25 Å². The average Bonchev–Trinajstić information content (AvgIpc) is 2.60. The molecule has 0 bridgehead atoms.